The summed E-state index contributed by atoms with van der Waals surface area (Å²) < 4.78 is 1.96. The van der Waals surface area contributed by atoms with E-state index in [4.69, 9.17) is 5.11 Å². The fourth-order valence-electron chi connectivity index (χ4n) is 2.54. The Morgan fingerprint density at radius 1 is 1.17 bits per heavy atom. The summed E-state index contributed by atoms with van der Waals surface area (Å²) >= 11 is 0. The average molecular weight is 322 g/mol. The summed E-state index contributed by atoms with van der Waals surface area (Å²) in [5, 5.41) is 17.7. The van der Waals surface area contributed by atoms with E-state index in [9.17, 15) is 4.79 Å². The van der Waals surface area contributed by atoms with Gasteiger partial charge in [-0.25, -0.2) is 9.78 Å². The first-order valence-corrected chi connectivity index (χ1v) is 7.70. The third kappa shape index (κ3) is 2.90. The molecule has 2 aromatic heterocycles. The van der Waals surface area contributed by atoms with Gasteiger partial charge in [0.15, 0.2) is 5.82 Å². The normalized spacial score (nSPS) is 11.7. The van der Waals surface area contributed by atoms with Crippen LogP contribution in [0.5, 0.6) is 0 Å². The number of carboxylic acids is 1. The van der Waals surface area contributed by atoms with Gasteiger partial charge in [0.25, 0.3) is 0 Å². The molecule has 122 valence electrons. The van der Waals surface area contributed by atoms with Crippen molar-refractivity contribution in [1.29, 1.82) is 0 Å². The molecule has 0 saturated carbocycles. The summed E-state index contributed by atoms with van der Waals surface area (Å²) in [7, 11) is 0. The van der Waals surface area contributed by atoms with E-state index in [-0.39, 0.29) is 11.5 Å². The zero-order valence-electron chi connectivity index (χ0n) is 13.8. The molecule has 3 rings (SSSR count). The molecule has 0 fully saturated rings. The van der Waals surface area contributed by atoms with Gasteiger partial charge in [0.1, 0.15) is 5.65 Å². The van der Waals surface area contributed by atoms with Crippen molar-refractivity contribution in [1.82, 2.24) is 9.38 Å². The highest BCUT2D eigenvalue weighted by Gasteiger charge is 2.16. The van der Waals surface area contributed by atoms with Gasteiger partial charge in [-0.1, -0.05) is 26.0 Å². The van der Waals surface area contributed by atoms with Crippen LogP contribution in [0.2, 0.25) is 0 Å². The number of pyridine rings is 1. The van der Waals surface area contributed by atoms with E-state index < -0.39 is 5.97 Å². The molecule has 0 unspecified atom stereocenters. The summed E-state index contributed by atoms with van der Waals surface area (Å²) in [6.45, 7) is 6.10. The number of carbonyl (C=O) groups is 1. The smallest absolute Gasteiger partial charge is 0.335 e. The van der Waals surface area contributed by atoms with Crippen LogP contribution in [0, 0.1) is 6.92 Å². The van der Waals surface area contributed by atoms with Crippen LogP contribution < -0.4 is 0 Å². The third-order valence-corrected chi connectivity index (χ3v) is 3.74. The lowest BCUT2D eigenvalue weighted by Gasteiger charge is -2.04. The molecule has 0 aliphatic carbocycles. The van der Waals surface area contributed by atoms with Crippen molar-refractivity contribution < 1.29 is 9.90 Å². The molecule has 0 amide bonds. The number of hydrogen-bond donors (Lipinski definition) is 1. The fourth-order valence-corrected chi connectivity index (χ4v) is 2.54. The van der Waals surface area contributed by atoms with Crippen LogP contribution in [0.3, 0.4) is 0 Å². The maximum absolute atomic E-state index is 11.1. The van der Waals surface area contributed by atoms with Crippen LogP contribution in [0.25, 0.3) is 5.65 Å². The topological polar surface area (TPSA) is 79.3 Å². The minimum Gasteiger partial charge on any atom is -0.478 e. The van der Waals surface area contributed by atoms with Crippen LogP contribution >= 0.6 is 0 Å². The van der Waals surface area contributed by atoms with Crippen LogP contribution in [-0.2, 0) is 0 Å². The summed E-state index contributed by atoms with van der Waals surface area (Å²) in [5.41, 5.74) is 3.38. The summed E-state index contributed by atoms with van der Waals surface area (Å²) in [6, 6.07) is 12.3. The third-order valence-electron chi connectivity index (χ3n) is 3.74. The number of azo groups is 1. The molecule has 0 aliphatic heterocycles. The molecular formula is C18H18N4O2. The molecule has 0 saturated heterocycles. The number of aromatic carboxylic acids is 1. The van der Waals surface area contributed by atoms with E-state index in [0.717, 1.165) is 17.0 Å². The average Bonchev–Trinajstić information content (AvgIpc) is 2.93. The summed E-state index contributed by atoms with van der Waals surface area (Å²) in [5.74, 6) is -0.108. The van der Waals surface area contributed by atoms with Gasteiger partial charge in [-0.05, 0) is 43.2 Å². The molecule has 0 bridgehead atoms. The van der Waals surface area contributed by atoms with Gasteiger partial charge in [0.2, 0.25) is 0 Å². The molecule has 0 spiro atoms. The molecule has 6 nitrogen and oxygen atoms in total. The first-order valence-electron chi connectivity index (χ1n) is 7.70. The quantitative estimate of drug-likeness (QED) is 0.695. The maximum Gasteiger partial charge on any atom is 0.335 e. The van der Waals surface area contributed by atoms with Crippen LogP contribution in [0.15, 0.2) is 52.7 Å². The SMILES string of the molecule is Cc1cccc2nc(C(C)C)c(N=Nc3cccc(C(=O)O)c3)n12. The predicted octanol–water partition coefficient (Wildman–Crippen LogP) is 4.88. The van der Waals surface area contributed by atoms with E-state index in [1.54, 1.807) is 12.1 Å². The zero-order valence-corrected chi connectivity index (χ0v) is 13.8. The molecule has 0 radical (unpaired) electrons. The van der Waals surface area contributed by atoms with E-state index in [1.807, 2.05) is 29.5 Å². The Bertz CT molecular complexity index is 941. The second-order valence-electron chi connectivity index (χ2n) is 5.89. The van der Waals surface area contributed by atoms with Gasteiger partial charge in [-0.3, -0.25) is 4.40 Å². The molecular weight excluding hydrogens is 304 g/mol. The second-order valence-corrected chi connectivity index (χ2v) is 5.89. The molecule has 0 atom stereocenters. The predicted molar refractivity (Wildman–Crippen MR) is 91.6 cm³/mol. The van der Waals surface area contributed by atoms with Gasteiger partial charge in [0.05, 0.1) is 16.9 Å². The van der Waals surface area contributed by atoms with Crippen LogP contribution in [-0.4, -0.2) is 20.5 Å². The molecule has 2 heterocycles. The van der Waals surface area contributed by atoms with Gasteiger partial charge in [0, 0.05) is 5.69 Å². The number of benzene rings is 1. The Hall–Kier alpha value is -3.02. The van der Waals surface area contributed by atoms with E-state index in [2.05, 4.69) is 29.1 Å². The maximum atomic E-state index is 11.1. The number of carboxylic acid groups (broad SMARTS) is 1. The number of nitrogens with zero attached hydrogens (tertiary/aromatic N) is 4. The summed E-state index contributed by atoms with van der Waals surface area (Å²) in [6.07, 6.45) is 0. The van der Waals surface area contributed by atoms with Crippen molar-refractivity contribution in [2.45, 2.75) is 26.7 Å². The van der Waals surface area contributed by atoms with E-state index >= 15 is 0 Å². The highest BCUT2D eigenvalue weighted by atomic mass is 16.4. The van der Waals surface area contributed by atoms with Crippen molar-refractivity contribution in [2.24, 2.45) is 10.2 Å². The first-order chi connectivity index (χ1) is 11.5. The molecule has 1 aromatic carbocycles. The Balaban J connectivity index is 2.10. The van der Waals surface area contributed by atoms with Crippen molar-refractivity contribution in [2.75, 3.05) is 0 Å². The van der Waals surface area contributed by atoms with Crippen molar-refractivity contribution in [3.05, 3.63) is 59.4 Å². The first kappa shape index (κ1) is 15.9. The van der Waals surface area contributed by atoms with E-state index in [1.165, 1.54) is 12.1 Å². The van der Waals surface area contributed by atoms with Crippen molar-refractivity contribution >= 4 is 23.1 Å². The Morgan fingerprint density at radius 2 is 1.92 bits per heavy atom. The standard InChI is InChI=1S/C18H18N4O2/c1-11(2)16-17(22-12(3)6-4-9-15(22)19-16)21-20-14-8-5-7-13(10-14)18(23)24/h4-11H,1-3H3,(H,23,24). The number of aromatic nitrogens is 2. The van der Waals surface area contributed by atoms with Gasteiger partial charge >= 0.3 is 5.97 Å². The van der Waals surface area contributed by atoms with Crippen LogP contribution in [0.4, 0.5) is 11.5 Å². The highest BCUT2D eigenvalue weighted by molar-refractivity contribution is 5.88. The lowest BCUT2D eigenvalue weighted by atomic mass is 10.1. The lowest BCUT2D eigenvalue weighted by molar-refractivity contribution is 0.0697. The minimum atomic E-state index is -0.986. The summed E-state index contributed by atoms with van der Waals surface area (Å²) in [4.78, 5) is 15.7. The minimum absolute atomic E-state index is 0.185. The fraction of sp³-hybridized carbons (Fsp3) is 0.222. The monoisotopic (exact) mass is 322 g/mol. The number of rotatable bonds is 4. The van der Waals surface area contributed by atoms with Crippen molar-refractivity contribution in [3.8, 4) is 0 Å². The lowest BCUT2D eigenvalue weighted by Crippen LogP contribution is -1.94. The Kier molecular flexibility index (Phi) is 4.12. The van der Waals surface area contributed by atoms with E-state index in [0.29, 0.717) is 11.5 Å². The Morgan fingerprint density at radius 3 is 2.62 bits per heavy atom. The van der Waals surface area contributed by atoms with Gasteiger partial charge in [-0.2, -0.15) is 0 Å². The molecule has 0 aliphatic rings. The second kappa shape index (κ2) is 6.23. The molecule has 3 aromatic rings. The number of fused-ring (bicyclic) bond motifs is 1. The molecule has 24 heavy (non-hydrogen) atoms. The number of aryl methyl sites for hydroxylation is 1. The number of imidazole rings is 1. The largest absolute Gasteiger partial charge is 0.478 e. The Labute approximate surface area is 139 Å². The van der Waals surface area contributed by atoms with Crippen LogP contribution in [0.1, 0.15) is 41.5 Å². The molecule has 6 heteroatoms. The zero-order chi connectivity index (χ0) is 17.3. The number of hydrogen-bond acceptors (Lipinski definition) is 4. The van der Waals surface area contributed by atoms with Gasteiger partial charge < -0.3 is 5.11 Å². The molecule has 1 N–H and O–H groups in total. The van der Waals surface area contributed by atoms with Gasteiger partial charge in [-0.15, -0.1) is 10.2 Å². The van der Waals surface area contributed by atoms with Crippen molar-refractivity contribution in [3.63, 3.8) is 0 Å². The highest BCUT2D eigenvalue weighted by Crippen LogP contribution is 2.30.